The van der Waals surface area contributed by atoms with Crippen molar-refractivity contribution in [1.82, 2.24) is 10.3 Å². The maximum Gasteiger partial charge on any atom is 0.339 e. The zero-order valence-corrected chi connectivity index (χ0v) is 18.1. The number of amides is 1. The van der Waals surface area contributed by atoms with Crippen molar-refractivity contribution in [3.05, 3.63) is 41.1 Å². The molecule has 5 nitrogen and oxygen atoms in total. The normalized spacial score (nSPS) is 24.0. The molecule has 1 saturated carbocycles. The summed E-state index contributed by atoms with van der Waals surface area (Å²) in [7, 11) is 0. The summed E-state index contributed by atoms with van der Waals surface area (Å²) in [5, 5.41) is 3.90. The van der Waals surface area contributed by atoms with Gasteiger partial charge in [-0.15, -0.1) is 0 Å². The van der Waals surface area contributed by atoms with Gasteiger partial charge in [0.15, 0.2) is 6.61 Å². The molecule has 160 valence electrons. The number of aryl methyl sites for hydroxylation is 1. The molecule has 3 atom stereocenters. The molecule has 1 aromatic carbocycles. The smallest absolute Gasteiger partial charge is 0.339 e. The highest BCUT2D eigenvalue weighted by Crippen LogP contribution is 2.30. The van der Waals surface area contributed by atoms with Crippen molar-refractivity contribution >= 4 is 22.8 Å². The van der Waals surface area contributed by atoms with Gasteiger partial charge in [0.05, 0.1) is 11.1 Å². The minimum Gasteiger partial charge on any atom is -0.452 e. The number of fused-ring (bicyclic) bond motifs is 2. The lowest BCUT2D eigenvalue weighted by Gasteiger charge is -2.34. The Morgan fingerprint density at radius 3 is 2.73 bits per heavy atom. The lowest BCUT2D eigenvalue weighted by Crippen LogP contribution is -2.45. The number of carbonyl (C=O) groups excluding carboxylic acids is 2. The second-order valence-corrected chi connectivity index (χ2v) is 9.01. The van der Waals surface area contributed by atoms with E-state index in [1.165, 1.54) is 6.42 Å². The van der Waals surface area contributed by atoms with E-state index in [4.69, 9.17) is 9.72 Å². The van der Waals surface area contributed by atoms with Crippen LogP contribution < -0.4 is 5.32 Å². The van der Waals surface area contributed by atoms with Crippen LogP contribution in [-0.4, -0.2) is 29.5 Å². The van der Waals surface area contributed by atoms with Crippen LogP contribution in [0.15, 0.2) is 24.3 Å². The molecular weight excluding hydrogens is 376 g/mol. The van der Waals surface area contributed by atoms with E-state index in [0.29, 0.717) is 17.4 Å². The Labute approximate surface area is 178 Å². The lowest BCUT2D eigenvalue weighted by atomic mass is 9.78. The molecule has 0 spiro atoms. The number of hydrogen-bond donors (Lipinski definition) is 1. The molecule has 1 amide bonds. The number of nitrogens with zero attached hydrogens (tertiary/aromatic N) is 1. The minimum atomic E-state index is -0.410. The summed E-state index contributed by atoms with van der Waals surface area (Å²) in [6.07, 6.45) is 8.34. The largest absolute Gasteiger partial charge is 0.452 e. The fraction of sp³-hybridized carbons (Fsp3) is 0.560. The van der Waals surface area contributed by atoms with E-state index in [0.717, 1.165) is 67.1 Å². The van der Waals surface area contributed by atoms with Crippen molar-refractivity contribution in [2.45, 2.75) is 71.3 Å². The zero-order valence-electron chi connectivity index (χ0n) is 18.1. The summed E-state index contributed by atoms with van der Waals surface area (Å²) in [5.41, 5.74) is 3.43. The van der Waals surface area contributed by atoms with Crippen LogP contribution in [0.5, 0.6) is 0 Å². The van der Waals surface area contributed by atoms with E-state index >= 15 is 0 Å². The van der Waals surface area contributed by atoms with Gasteiger partial charge in [-0.05, 0) is 55.6 Å². The van der Waals surface area contributed by atoms with E-state index in [-0.39, 0.29) is 18.6 Å². The highest BCUT2D eigenvalue weighted by atomic mass is 16.5. The number of ether oxygens (including phenoxy) is 1. The Kier molecular flexibility index (Phi) is 6.35. The first-order chi connectivity index (χ1) is 14.5. The molecule has 2 aliphatic carbocycles. The molecule has 1 fully saturated rings. The Morgan fingerprint density at radius 1 is 1.07 bits per heavy atom. The number of hydrogen-bond acceptors (Lipinski definition) is 4. The molecule has 2 aromatic rings. The van der Waals surface area contributed by atoms with Crippen LogP contribution in [0.3, 0.4) is 0 Å². The van der Waals surface area contributed by atoms with Gasteiger partial charge in [0.25, 0.3) is 5.91 Å². The van der Waals surface area contributed by atoms with Gasteiger partial charge in [0.2, 0.25) is 0 Å². The van der Waals surface area contributed by atoms with Crippen molar-refractivity contribution in [3.63, 3.8) is 0 Å². The number of para-hydroxylation sites is 1. The minimum absolute atomic E-state index is 0.165. The lowest BCUT2D eigenvalue weighted by molar-refractivity contribution is -0.125. The first-order valence-corrected chi connectivity index (χ1v) is 11.4. The second kappa shape index (κ2) is 9.15. The van der Waals surface area contributed by atoms with Crippen LogP contribution in [-0.2, 0) is 22.4 Å². The van der Waals surface area contributed by atoms with Crippen molar-refractivity contribution in [2.75, 3.05) is 6.61 Å². The third kappa shape index (κ3) is 4.35. The Morgan fingerprint density at radius 2 is 1.87 bits per heavy atom. The van der Waals surface area contributed by atoms with Gasteiger partial charge in [-0.25, -0.2) is 4.79 Å². The molecule has 1 heterocycles. The summed E-state index contributed by atoms with van der Waals surface area (Å²) < 4.78 is 5.53. The molecule has 4 rings (SSSR count). The van der Waals surface area contributed by atoms with Gasteiger partial charge >= 0.3 is 5.97 Å². The molecule has 0 aliphatic heterocycles. The van der Waals surface area contributed by atoms with Gasteiger partial charge in [0, 0.05) is 17.1 Å². The number of pyridine rings is 1. The van der Waals surface area contributed by atoms with Crippen LogP contribution in [0.2, 0.25) is 0 Å². The first-order valence-electron chi connectivity index (χ1n) is 11.4. The molecule has 30 heavy (non-hydrogen) atoms. The predicted molar refractivity (Wildman–Crippen MR) is 117 cm³/mol. The number of rotatable bonds is 4. The predicted octanol–water partition coefficient (Wildman–Crippen LogP) is 4.60. The Hall–Kier alpha value is -2.43. The molecular formula is C25H32N2O3. The number of esters is 1. The number of aromatic nitrogens is 1. The topological polar surface area (TPSA) is 68.3 Å². The van der Waals surface area contributed by atoms with E-state index in [9.17, 15) is 9.59 Å². The van der Waals surface area contributed by atoms with Crippen LogP contribution in [0.4, 0.5) is 0 Å². The van der Waals surface area contributed by atoms with E-state index in [2.05, 4.69) is 19.2 Å². The van der Waals surface area contributed by atoms with Crippen molar-refractivity contribution in [2.24, 2.45) is 11.8 Å². The summed E-state index contributed by atoms with van der Waals surface area (Å²) in [5.74, 6) is 0.425. The van der Waals surface area contributed by atoms with Crippen LogP contribution in [0.25, 0.3) is 10.9 Å². The van der Waals surface area contributed by atoms with Crippen LogP contribution >= 0.6 is 0 Å². The molecule has 1 N–H and O–H groups in total. The van der Waals surface area contributed by atoms with E-state index in [1.807, 2.05) is 24.3 Å². The van der Waals surface area contributed by atoms with Crippen LogP contribution in [0, 0.1) is 11.8 Å². The average molecular weight is 409 g/mol. The standard InChI is InChI=1S/C25H32N2O3/c1-16-9-8-14-20(17(16)2)27-23(28)15-30-25(29)24-18-10-4-3-5-12-21(18)26-22-13-7-6-11-19(22)24/h6-7,11,13,16-17,20H,3-5,8-10,12,14-15H2,1-2H3,(H,27,28)/t16-,17+,20-/m0/s1. The van der Waals surface area contributed by atoms with Gasteiger partial charge in [-0.2, -0.15) is 0 Å². The monoisotopic (exact) mass is 408 g/mol. The number of nitrogens with one attached hydrogen (secondary N) is 1. The average Bonchev–Trinajstić information content (AvgIpc) is 2.98. The Balaban J connectivity index is 1.50. The van der Waals surface area contributed by atoms with E-state index < -0.39 is 5.97 Å². The van der Waals surface area contributed by atoms with Crippen LogP contribution in [0.1, 0.15) is 74.0 Å². The second-order valence-electron chi connectivity index (χ2n) is 9.01. The Bertz CT molecular complexity index is 939. The summed E-state index contributed by atoms with van der Waals surface area (Å²) in [6.45, 7) is 4.20. The molecule has 5 heteroatoms. The molecule has 0 unspecified atom stereocenters. The van der Waals surface area contributed by atoms with Crippen molar-refractivity contribution in [3.8, 4) is 0 Å². The molecule has 1 aromatic heterocycles. The van der Waals surface area contributed by atoms with Gasteiger partial charge in [0.1, 0.15) is 0 Å². The third-order valence-corrected chi connectivity index (χ3v) is 7.01. The zero-order chi connectivity index (χ0) is 21.1. The molecule has 0 bridgehead atoms. The summed E-state index contributed by atoms with van der Waals surface area (Å²) in [6, 6.07) is 7.89. The third-order valence-electron chi connectivity index (χ3n) is 7.01. The fourth-order valence-electron chi connectivity index (χ4n) is 5.02. The van der Waals surface area contributed by atoms with Crippen molar-refractivity contribution < 1.29 is 14.3 Å². The van der Waals surface area contributed by atoms with Gasteiger partial charge in [-0.3, -0.25) is 9.78 Å². The van der Waals surface area contributed by atoms with Gasteiger partial charge < -0.3 is 10.1 Å². The summed E-state index contributed by atoms with van der Waals surface area (Å²) in [4.78, 5) is 30.5. The fourth-order valence-corrected chi connectivity index (χ4v) is 5.02. The van der Waals surface area contributed by atoms with E-state index in [1.54, 1.807) is 0 Å². The summed E-state index contributed by atoms with van der Waals surface area (Å²) >= 11 is 0. The van der Waals surface area contributed by atoms with Crippen molar-refractivity contribution in [1.29, 1.82) is 0 Å². The maximum atomic E-state index is 13.1. The molecule has 2 aliphatic rings. The SMILES string of the molecule is C[C@H]1[C@@H](NC(=O)COC(=O)c2c3c(nc4ccccc24)CCCCC3)CCC[C@@H]1C. The first kappa shape index (κ1) is 20.8. The van der Waals surface area contributed by atoms with Gasteiger partial charge in [-0.1, -0.05) is 51.3 Å². The number of benzene rings is 1. The number of carbonyl (C=O) groups is 2. The quantitative estimate of drug-likeness (QED) is 0.593. The highest BCUT2D eigenvalue weighted by molar-refractivity contribution is 6.05. The molecule has 0 saturated heterocycles. The maximum absolute atomic E-state index is 13.1. The highest BCUT2D eigenvalue weighted by Gasteiger charge is 2.29. The molecule has 0 radical (unpaired) electrons.